The molecule has 2 aromatic carbocycles. The molecular weight excluding hydrogens is 328 g/mol. The summed E-state index contributed by atoms with van der Waals surface area (Å²) >= 11 is 7.52. The zero-order chi connectivity index (χ0) is 16.1. The molecule has 0 aliphatic rings. The third kappa shape index (κ3) is 4.06. The van der Waals surface area contributed by atoms with E-state index in [1.54, 1.807) is 11.8 Å². The number of benzene rings is 2. The first-order valence-electron chi connectivity index (χ1n) is 7.37. The van der Waals surface area contributed by atoms with E-state index < -0.39 is 0 Å². The topological polar surface area (TPSA) is 56.7 Å². The fourth-order valence-electron chi connectivity index (χ4n) is 2.26. The fourth-order valence-corrected chi connectivity index (χ4v) is 3.18. The van der Waals surface area contributed by atoms with Crippen molar-refractivity contribution in [3.05, 3.63) is 65.2 Å². The lowest BCUT2D eigenvalue weighted by Crippen LogP contribution is -2.11. The summed E-state index contributed by atoms with van der Waals surface area (Å²) in [6.45, 7) is 0. The van der Waals surface area contributed by atoms with Crippen molar-refractivity contribution in [1.29, 1.82) is 0 Å². The number of aryl methyl sites for hydroxylation is 1. The molecule has 6 heteroatoms. The van der Waals surface area contributed by atoms with E-state index in [1.807, 2.05) is 30.3 Å². The number of rotatable bonds is 6. The molecule has 0 aliphatic carbocycles. The fraction of sp³-hybridized carbons (Fsp3) is 0.176. The zero-order valence-electron chi connectivity index (χ0n) is 12.5. The van der Waals surface area contributed by atoms with Crippen LogP contribution in [-0.2, 0) is 6.42 Å². The number of aromatic nitrogens is 3. The SMILES string of the molecule is Nn1c(SCCCc2ccccc2)nnc1-c1ccc(Cl)cc1. The second-order valence-corrected chi connectivity index (χ2v) is 6.62. The van der Waals surface area contributed by atoms with Crippen LogP contribution in [0.15, 0.2) is 59.8 Å². The predicted octanol–water partition coefficient (Wildman–Crippen LogP) is 4.04. The number of nitrogens with two attached hydrogens (primary N) is 1. The first-order chi connectivity index (χ1) is 11.2. The van der Waals surface area contributed by atoms with Crippen molar-refractivity contribution in [1.82, 2.24) is 14.9 Å². The van der Waals surface area contributed by atoms with Crippen LogP contribution in [-0.4, -0.2) is 20.6 Å². The molecule has 0 spiro atoms. The highest BCUT2D eigenvalue weighted by atomic mass is 35.5. The summed E-state index contributed by atoms with van der Waals surface area (Å²) < 4.78 is 1.54. The Morgan fingerprint density at radius 2 is 1.74 bits per heavy atom. The summed E-state index contributed by atoms with van der Waals surface area (Å²) in [5.41, 5.74) is 2.25. The summed E-state index contributed by atoms with van der Waals surface area (Å²) in [6, 6.07) is 17.9. The molecule has 118 valence electrons. The van der Waals surface area contributed by atoms with Crippen LogP contribution in [0.1, 0.15) is 12.0 Å². The molecule has 0 unspecified atom stereocenters. The molecule has 0 bridgehead atoms. The van der Waals surface area contributed by atoms with Crippen LogP contribution in [0.3, 0.4) is 0 Å². The van der Waals surface area contributed by atoms with Crippen LogP contribution in [0.4, 0.5) is 0 Å². The Bertz CT molecular complexity index is 756. The molecule has 0 fully saturated rings. The Hall–Kier alpha value is -1.98. The van der Waals surface area contributed by atoms with Gasteiger partial charge >= 0.3 is 0 Å². The van der Waals surface area contributed by atoms with Crippen molar-refractivity contribution in [2.75, 3.05) is 11.6 Å². The monoisotopic (exact) mass is 344 g/mol. The van der Waals surface area contributed by atoms with Gasteiger partial charge in [0.1, 0.15) is 0 Å². The summed E-state index contributed by atoms with van der Waals surface area (Å²) in [7, 11) is 0. The van der Waals surface area contributed by atoms with E-state index in [-0.39, 0.29) is 0 Å². The van der Waals surface area contributed by atoms with Crippen LogP contribution < -0.4 is 5.84 Å². The van der Waals surface area contributed by atoms with Crippen LogP contribution in [0.5, 0.6) is 0 Å². The van der Waals surface area contributed by atoms with Gasteiger partial charge in [-0.15, -0.1) is 10.2 Å². The van der Waals surface area contributed by atoms with E-state index in [2.05, 4.69) is 34.5 Å². The second kappa shape index (κ2) is 7.53. The smallest absolute Gasteiger partial charge is 0.210 e. The number of thioether (sulfide) groups is 1. The van der Waals surface area contributed by atoms with Crippen molar-refractivity contribution in [2.45, 2.75) is 18.0 Å². The van der Waals surface area contributed by atoms with Gasteiger partial charge in [-0.3, -0.25) is 0 Å². The third-order valence-electron chi connectivity index (χ3n) is 3.45. The molecule has 0 saturated carbocycles. The second-order valence-electron chi connectivity index (χ2n) is 5.12. The number of nitrogen functional groups attached to an aromatic ring is 1. The van der Waals surface area contributed by atoms with Crippen LogP contribution in [0.25, 0.3) is 11.4 Å². The number of hydrogen-bond acceptors (Lipinski definition) is 4. The number of halogens is 1. The first kappa shape index (κ1) is 15.9. The molecule has 4 nitrogen and oxygen atoms in total. The minimum atomic E-state index is 0.646. The molecular formula is C17H17ClN4S. The third-order valence-corrected chi connectivity index (χ3v) is 4.73. The molecule has 1 aromatic heterocycles. The zero-order valence-corrected chi connectivity index (χ0v) is 14.1. The Labute approximate surface area is 144 Å². The van der Waals surface area contributed by atoms with E-state index in [0.29, 0.717) is 10.8 Å². The maximum absolute atomic E-state index is 6.10. The Kier molecular flexibility index (Phi) is 5.20. The minimum absolute atomic E-state index is 0.646. The van der Waals surface area contributed by atoms with Crippen LogP contribution in [0.2, 0.25) is 5.02 Å². The molecule has 2 N–H and O–H groups in total. The summed E-state index contributed by atoms with van der Waals surface area (Å²) in [6.07, 6.45) is 2.12. The van der Waals surface area contributed by atoms with Gasteiger partial charge < -0.3 is 5.84 Å². The molecule has 0 aliphatic heterocycles. The molecule has 0 saturated heterocycles. The van der Waals surface area contributed by atoms with E-state index in [1.165, 1.54) is 10.2 Å². The van der Waals surface area contributed by atoms with Crippen molar-refractivity contribution in [3.63, 3.8) is 0 Å². The number of nitrogens with zero attached hydrogens (tertiary/aromatic N) is 3. The highest BCUT2D eigenvalue weighted by Crippen LogP contribution is 2.23. The first-order valence-corrected chi connectivity index (χ1v) is 8.73. The van der Waals surface area contributed by atoms with Crippen molar-refractivity contribution in [2.24, 2.45) is 0 Å². The molecule has 0 radical (unpaired) electrons. The lowest BCUT2D eigenvalue weighted by molar-refractivity contribution is 0.844. The largest absolute Gasteiger partial charge is 0.335 e. The molecule has 23 heavy (non-hydrogen) atoms. The normalized spacial score (nSPS) is 10.8. The Morgan fingerprint density at radius 3 is 2.48 bits per heavy atom. The van der Waals surface area contributed by atoms with Gasteiger partial charge in [0.25, 0.3) is 0 Å². The van der Waals surface area contributed by atoms with Crippen molar-refractivity contribution < 1.29 is 0 Å². The summed E-state index contributed by atoms with van der Waals surface area (Å²) in [4.78, 5) is 0. The molecule has 0 amide bonds. The lowest BCUT2D eigenvalue weighted by Gasteiger charge is -2.04. The van der Waals surface area contributed by atoms with E-state index in [0.717, 1.165) is 29.3 Å². The summed E-state index contributed by atoms with van der Waals surface area (Å²) in [5, 5.41) is 9.77. The van der Waals surface area contributed by atoms with Gasteiger partial charge in [-0.25, -0.2) is 4.68 Å². The summed E-state index contributed by atoms with van der Waals surface area (Å²) in [5.74, 6) is 7.70. The highest BCUT2D eigenvalue weighted by molar-refractivity contribution is 7.99. The molecule has 0 atom stereocenters. The predicted molar refractivity (Wildman–Crippen MR) is 96.1 cm³/mol. The number of hydrogen-bond donors (Lipinski definition) is 1. The standard InChI is InChI=1S/C17H17ClN4S/c18-15-10-8-14(9-11-15)16-20-21-17(22(16)19)23-12-4-7-13-5-2-1-3-6-13/h1-3,5-6,8-11H,4,7,12,19H2. The van der Waals surface area contributed by atoms with Gasteiger partial charge in [0, 0.05) is 16.3 Å². The van der Waals surface area contributed by atoms with Gasteiger partial charge in [0.15, 0.2) is 5.82 Å². The maximum Gasteiger partial charge on any atom is 0.210 e. The van der Waals surface area contributed by atoms with Gasteiger partial charge in [-0.1, -0.05) is 53.7 Å². The van der Waals surface area contributed by atoms with Gasteiger partial charge in [0.05, 0.1) is 0 Å². The maximum atomic E-state index is 6.10. The molecule has 3 aromatic rings. The van der Waals surface area contributed by atoms with Gasteiger partial charge in [-0.05, 0) is 42.7 Å². The van der Waals surface area contributed by atoms with Gasteiger partial charge in [0.2, 0.25) is 5.16 Å². The minimum Gasteiger partial charge on any atom is -0.335 e. The quantitative estimate of drug-likeness (QED) is 0.416. The van der Waals surface area contributed by atoms with Crippen molar-refractivity contribution >= 4 is 23.4 Å². The average Bonchev–Trinajstić information content (AvgIpc) is 2.94. The average molecular weight is 345 g/mol. The van der Waals surface area contributed by atoms with E-state index in [9.17, 15) is 0 Å². The van der Waals surface area contributed by atoms with Gasteiger partial charge in [-0.2, -0.15) is 0 Å². The Morgan fingerprint density at radius 1 is 1.00 bits per heavy atom. The van der Waals surface area contributed by atoms with E-state index in [4.69, 9.17) is 17.4 Å². The van der Waals surface area contributed by atoms with E-state index >= 15 is 0 Å². The highest BCUT2D eigenvalue weighted by Gasteiger charge is 2.11. The van der Waals surface area contributed by atoms with Crippen molar-refractivity contribution in [3.8, 4) is 11.4 Å². The molecule has 3 rings (SSSR count). The Balaban J connectivity index is 1.58. The molecule has 1 heterocycles. The van der Waals surface area contributed by atoms with Crippen LogP contribution in [0, 0.1) is 0 Å². The lowest BCUT2D eigenvalue weighted by atomic mass is 10.1. The van der Waals surface area contributed by atoms with Crippen LogP contribution >= 0.6 is 23.4 Å².